The number of aromatic hydroxyl groups is 1. The molecule has 4 aromatic rings. The van der Waals surface area contributed by atoms with E-state index in [0.717, 1.165) is 54.6 Å². The number of hydrogen-bond donors (Lipinski definition) is 5. The lowest BCUT2D eigenvalue weighted by Gasteiger charge is -2.11. The highest BCUT2D eigenvalue weighted by Crippen LogP contribution is 2.44. The molecule has 0 saturated heterocycles. The summed E-state index contributed by atoms with van der Waals surface area (Å²) in [5.41, 5.74) is -1.78. The monoisotopic (exact) mass is 888 g/mol. The number of nitrogens with zero attached hydrogens (tertiary/aromatic N) is 4. The van der Waals surface area contributed by atoms with Crippen LogP contribution in [0.3, 0.4) is 0 Å². The Morgan fingerprint density at radius 3 is 1.31 bits per heavy atom. The van der Waals surface area contributed by atoms with Crippen LogP contribution in [0.1, 0.15) is 0 Å². The van der Waals surface area contributed by atoms with Crippen LogP contribution in [-0.4, -0.2) is 98.5 Å². The number of azo groups is 2. The predicted octanol–water partition coefficient (Wildman–Crippen LogP) is 3.06. The van der Waals surface area contributed by atoms with E-state index >= 15 is 0 Å². The van der Waals surface area contributed by atoms with Crippen LogP contribution in [-0.2, 0) is 69.1 Å². The van der Waals surface area contributed by atoms with E-state index in [0.29, 0.717) is 12.1 Å². The molecule has 0 heterocycles. The predicted molar refractivity (Wildman–Crippen MR) is 186 cm³/mol. The molecule has 4 rings (SSSR count). The molecule has 0 fully saturated rings. The van der Waals surface area contributed by atoms with Crippen molar-refractivity contribution in [2.75, 3.05) is 24.7 Å². The first-order valence-corrected chi connectivity index (χ1v) is 23.1. The van der Waals surface area contributed by atoms with E-state index in [-0.39, 0.29) is 26.6 Å². The molecule has 23 nitrogen and oxygen atoms in total. The maximum Gasteiger partial charge on any atom is 0.397 e. The van der Waals surface area contributed by atoms with Crippen LogP contribution in [0.4, 0.5) is 22.7 Å². The summed E-state index contributed by atoms with van der Waals surface area (Å²) in [6, 6.07) is 10.6. The summed E-state index contributed by atoms with van der Waals surface area (Å²) in [5, 5.41) is 25.3. The van der Waals surface area contributed by atoms with Gasteiger partial charge in [0.05, 0.1) is 45.9 Å². The van der Waals surface area contributed by atoms with Gasteiger partial charge in [-0.2, -0.15) is 43.9 Å². The molecule has 0 aliphatic heterocycles. The van der Waals surface area contributed by atoms with E-state index in [2.05, 4.69) is 28.8 Å². The zero-order valence-electron chi connectivity index (χ0n) is 26.9. The van der Waals surface area contributed by atoms with Crippen molar-refractivity contribution < 1.29 is 82.2 Å². The fourth-order valence-corrected chi connectivity index (χ4v) is 8.61. The van der Waals surface area contributed by atoms with Gasteiger partial charge in [-0.3, -0.25) is 18.2 Å². The summed E-state index contributed by atoms with van der Waals surface area (Å²) in [6.07, 6.45) is 0. The molecule has 0 aromatic heterocycles. The van der Waals surface area contributed by atoms with Crippen LogP contribution in [0.2, 0.25) is 0 Å². The lowest BCUT2D eigenvalue weighted by atomic mass is 10.1. The standard InChI is InChI=1S/C26H24N4O19S6/c31-26-21-15-22(29-27-17-1-5-19(6-2-17)50(32,33)11-9-48-54(42,43)44)23(52(36,37)38)13-16(21)14-24(53(39,40)41)25(26)30-28-18-3-7-20(8-4-18)51(34,35)12-10-49-55(45,46)47/h1-8,13-15,31H,9-12H2,(H,36,37,38)(H,39,40,41)(H,42,43,44)(H,45,46,47). The summed E-state index contributed by atoms with van der Waals surface area (Å²) in [6.45, 7) is -1.80. The van der Waals surface area contributed by atoms with Gasteiger partial charge in [-0.25, -0.2) is 25.2 Å². The van der Waals surface area contributed by atoms with Gasteiger partial charge in [0.1, 0.15) is 21.2 Å². The summed E-state index contributed by atoms with van der Waals surface area (Å²) >= 11 is 0. The van der Waals surface area contributed by atoms with Gasteiger partial charge in [0.25, 0.3) is 20.2 Å². The molecule has 29 heteroatoms. The molecule has 0 saturated carbocycles. The van der Waals surface area contributed by atoms with E-state index in [9.17, 15) is 64.7 Å². The van der Waals surface area contributed by atoms with Crippen LogP contribution in [0.5, 0.6) is 5.75 Å². The molecule has 0 bridgehead atoms. The van der Waals surface area contributed by atoms with Crippen LogP contribution < -0.4 is 0 Å². The third-order valence-corrected chi connectivity index (χ3v) is 12.9. The van der Waals surface area contributed by atoms with Crippen molar-refractivity contribution in [3.63, 3.8) is 0 Å². The molecular weight excluding hydrogens is 865 g/mol. The van der Waals surface area contributed by atoms with Gasteiger partial charge in [-0.15, -0.1) is 10.2 Å². The minimum atomic E-state index is -5.24. The fourth-order valence-electron chi connectivity index (χ4n) is 4.33. The van der Waals surface area contributed by atoms with Crippen molar-refractivity contribution in [1.82, 2.24) is 0 Å². The summed E-state index contributed by atoms with van der Waals surface area (Å²) < 4.78 is 186. The first-order valence-electron chi connectivity index (χ1n) is 14.2. The molecular formula is C26H24N4O19S6. The van der Waals surface area contributed by atoms with Gasteiger partial charge in [-0.1, -0.05) is 0 Å². The molecule has 4 aromatic carbocycles. The maximum atomic E-state index is 12.4. The second-order valence-corrected chi connectivity index (χ2v) is 19.8. The Bertz CT molecular complexity index is 2880. The number of phenolic OH excluding ortho intramolecular Hbond substituents is 1. The highest BCUT2D eigenvalue weighted by atomic mass is 32.3. The molecule has 298 valence electrons. The second kappa shape index (κ2) is 16.0. The first kappa shape index (κ1) is 43.3. The Kier molecular flexibility index (Phi) is 12.6. The average Bonchev–Trinajstić information content (AvgIpc) is 3.04. The van der Waals surface area contributed by atoms with E-state index in [1.54, 1.807) is 0 Å². The SMILES string of the molecule is O=S(=O)(O)OCCS(=O)(=O)c1ccc(N=Nc2cc3c(O)c(N=Nc4ccc(S(=O)(=O)CCOS(=O)(=O)O)cc4)c(S(=O)(=O)O)cc3cc2S(=O)(=O)O)cc1. The minimum Gasteiger partial charge on any atom is -0.505 e. The maximum absolute atomic E-state index is 12.4. The average molecular weight is 889 g/mol. The van der Waals surface area contributed by atoms with Crippen molar-refractivity contribution in [2.24, 2.45) is 20.5 Å². The smallest absolute Gasteiger partial charge is 0.397 e. The van der Waals surface area contributed by atoms with Gasteiger partial charge in [0.2, 0.25) is 0 Å². The Morgan fingerprint density at radius 1 is 0.509 bits per heavy atom. The number of fused-ring (bicyclic) bond motifs is 1. The quantitative estimate of drug-likeness (QED) is 0.0797. The van der Waals surface area contributed by atoms with Gasteiger partial charge >= 0.3 is 20.8 Å². The lowest BCUT2D eigenvalue weighted by molar-refractivity contribution is 0.282. The van der Waals surface area contributed by atoms with Crippen LogP contribution in [0.25, 0.3) is 10.8 Å². The molecule has 5 N–H and O–H groups in total. The zero-order valence-corrected chi connectivity index (χ0v) is 31.8. The van der Waals surface area contributed by atoms with E-state index < -0.39 is 118 Å². The number of rotatable bonds is 16. The van der Waals surface area contributed by atoms with E-state index in [4.69, 9.17) is 9.11 Å². The largest absolute Gasteiger partial charge is 0.505 e. The number of phenols is 1. The van der Waals surface area contributed by atoms with Gasteiger partial charge in [-0.05, 0) is 72.1 Å². The van der Waals surface area contributed by atoms with E-state index in [1.807, 2.05) is 0 Å². The zero-order chi connectivity index (χ0) is 41.2. The van der Waals surface area contributed by atoms with E-state index in [1.165, 1.54) is 0 Å². The summed E-state index contributed by atoms with van der Waals surface area (Å²) in [7, 11) is -28.4. The van der Waals surface area contributed by atoms with Crippen molar-refractivity contribution in [3.05, 3.63) is 66.7 Å². The molecule has 0 aliphatic rings. The van der Waals surface area contributed by atoms with Crippen molar-refractivity contribution in [2.45, 2.75) is 19.6 Å². The second-order valence-electron chi connectivity index (χ2n) is 10.6. The van der Waals surface area contributed by atoms with Crippen LogP contribution >= 0.6 is 0 Å². The number of hydrogen-bond acceptors (Lipinski definition) is 19. The Morgan fingerprint density at radius 2 is 0.909 bits per heavy atom. The lowest BCUT2D eigenvalue weighted by Crippen LogP contribution is -2.15. The summed E-state index contributed by atoms with van der Waals surface area (Å²) in [5.74, 6) is -2.71. The van der Waals surface area contributed by atoms with Gasteiger partial charge < -0.3 is 5.11 Å². The van der Waals surface area contributed by atoms with Crippen LogP contribution in [0.15, 0.2) is 107 Å². The third kappa shape index (κ3) is 11.8. The Labute approximate surface area is 312 Å². The topological polar surface area (TPSA) is 374 Å². The Hall–Kier alpha value is -4.40. The first-order chi connectivity index (χ1) is 25.2. The molecule has 0 atom stereocenters. The minimum absolute atomic E-state index is 0.0970. The van der Waals surface area contributed by atoms with Crippen LogP contribution in [0, 0.1) is 0 Å². The highest BCUT2D eigenvalue weighted by Gasteiger charge is 2.26. The fraction of sp³-hybridized carbons (Fsp3) is 0.154. The van der Waals surface area contributed by atoms with Crippen molar-refractivity contribution >= 4 is 94.2 Å². The molecule has 0 unspecified atom stereocenters. The molecule has 0 spiro atoms. The molecule has 0 amide bonds. The van der Waals surface area contributed by atoms with Gasteiger partial charge in [0, 0.05) is 5.39 Å². The molecule has 0 radical (unpaired) electrons. The number of benzene rings is 4. The van der Waals surface area contributed by atoms with Gasteiger partial charge in [0.15, 0.2) is 25.4 Å². The normalized spacial score (nSPS) is 13.6. The van der Waals surface area contributed by atoms with Crippen molar-refractivity contribution in [3.8, 4) is 5.75 Å². The molecule has 55 heavy (non-hydrogen) atoms. The summed E-state index contributed by atoms with van der Waals surface area (Å²) in [4.78, 5) is -2.73. The highest BCUT2D eigenvalue weighted by molar-refractivity contribution is 7.91. The number of sulfone groups is 2. The molecule has 0 aliphatic carbocycles. The third-order valence-electron chi connectivity index (χ3n) is 6.79. The van der Waals surface area contributed by atoms with Crippen molar-refractivity contribution in [1.29, 1.82) is 0 Å². The Balaban J connectivity index is 1.71.